The molecule has 3 rings (SSSR count). The van der Waals surface area contributed by atoms with Crippen molar-refractivity contribution in [3.8, 4) is 0 Å². The first-order valence-corrected chi connectivity index (χ1v) is 10.5. The molecule has 24 heavy (non-hydrogen) atoms. The van der Waals surface area contributed by atoms with E-state index in [0.717, 1.165) is 43.9 Å². The van der Waals surface area contributed by atoms with Gasteiger partial charge in [-0.05, 0) is 25.7 Å². The van der Waals surface area contributed by atoms with Crippen LogP contribution in [0.4, 0.5) is 0 Å². The first-order chi connectivity index (χ1) is 11.5. The molecule has 0 radical (unpaired) electrons. The molecule has 1 saturated heterocycles. The van der Waals surface area contributed by atoms with Crippen LogP contribution in [0.2, 0.25) is 0 Å². The minimum absolute atomic E-state index is 0.0331. The molecule has 8 heteroatoms. The Kier molecular flexibility index (Phi) is 5.59. The number of hydrogen-bond donors (Lipinski definition) is 0. The fourth-order valence-corrected chi connectivity index (χ4v) is 4.40. The highest BCUT2D eigenvalue weighted by Crippen LogP contribution is 2.31. The largest absolute Gasteiger partial charge is 0.381 e. The lowest BCUT2D eigenvalue weighted by Crippen LogP contribution is -2.39. The van der Waals surface area contributed by atoms with Crippen molar-refractivity contribution in [3.05, 3.63) is 17.5 Å². The lowest BCUT2D eigenvalue weighted by atomic mass is 9.96. The molecular weight excluding hydrogens is 330 g/mol. The van der Waals surface area contributed by atoms with Crippen molar-refractivity contribution < 1.29 is 17.9 Å². The van der Waals surface area contributed by atoms with Gasteiger partial charge in [-0.2, -0.15) is 9.40 Å². The van der Waals surface area contributed by atoms with Gasteiger partial charge in [-0.25, -0.2) is 8.42 Å². The zero-order valence-electron chi connectivity index (χ0n) is 14.5. The standard InChI is InChI=1S/C16H27N3O4S/c1-3-22-12-15-11-18(24(2,20)21)10-14-8-17-19(16(14)15)9-13-4-6-23-7-5-13/h8,13,15H,3-7,9-12H2,1-2H3/t15-/m0/s1. The molecule has 136 valence electrons. The van der Waals surface area contributed by atoms with Crippen LogP contribution >= 0.6 is 0 Å². The minimum Gasteiger partial charge on any atom is -0.381 e. The van der Waals surface area contributed by atoms with Crippen LogP contribution in [0.25, 0.3) is 0 Å². The summed E-state index contributed by atoms with van der Waals surface area (Å²) < 4.78 is 38.6. The highest BCUT2D eigenvalue weighted by Gasteiger charge is 2.34. The summed E-state index contributed by atoms with van der Waals surface area (Å²) in [4.78, 5) is 0. The fourth-order valence-electron chi connectivity index (χ4n) is 3.58. The molecule has 1 aromatic heterocycles. The zero-order chi connectivity index (χ0) is 17.2. The molecule has 2 aliphatic heterocycles. The summed E-state index contributed by atoms with van der Waals surface area (Å²) in [5, 5.41) is 4.57. The topological polar surface area (TPSA) is 73.7 Å². The minimum atomic E-state index is -3.22. The summed E-state index contributed by atoms with van der Waals surface area (Å²) in [5.41, 5.74) is 2.15. The van der Waals surface area contributed by atoms with Gasteiger partial charge >= 0.3 is 0 Å². The summed E-state index contributed by atoms with van der Waals surface area (Å²) in [5.74, 6) is 0.606. The Morgan fingerprint density at radius 2 is 2.12 bits per heavy atom. The van der Waals surface area contributed by atoms with E-state index in [0.29, 0.717) is 32.2 Å². The lowest BCUT2D eigenvalue weighted by Gasteiger charge is -2.32. The monoisotopic (exact) mass is 357 g/mol. The molecule has 1 aromatic rings. The van der Waals surface area contributed by atoms with E-state index in [4.69, 9.17) is 9.47 Å². The third-order valence-electron chi connectivity index (χ3n) is 4.88. The van der Waals surface area contributed by atoms with E-state index in [1.54, 1.807) is 0 Å². The number of fused-ring (bicyclic) bond motifs is 1. The first kappa shape index (κ1) is 17.8. The Morgan fingerprint density at radius 1 is 1.38 bits per heavy atom. The Bertz CT molecular complexity index is 652. The van der Waals surface area contributed by atoms with Gasteiger partial charge in [0.15, 0.2) is 0 Å². The maximum Gasteiger partial charge on any atom is 0.211 e. The van der Waals surface area contributed by atoms with Crippen molar-refractivity contribution in [3.63, 3.8) is 0 Å². The Morgan fingerprint density at radius 3 is 2.79 bits per heavy atom. The lowest BCUT2D eigenvalue weighted by molar-refractivity contribution is 0.0590. The van der Waals surface area contributed by atoms with Crippen LogP contribution in [0.1, 0.15) is 36.9 Å². The number of ether oxygens (including phenoxy) is 2. The Labute approximate surface area is 144 Å². The number of aromatic nitrogens is 2. The van der Waals surface area contributed by atoms with E-state index < -0.39 is 10.0 Å². The van der Waals surface area contributed by atoms with Crippen LogP contribution in [-0.4, -0.2) is 61.7 Å². The quantitative estimate of drug-likeness (QED) is 0.765. The van der Waals surface area contributed by atoms with Crippen molar-refractivity contribution >= 4 is 10.0 Å². The molecule has 0 bridgehead atoms. The summed E-state index contributed by atoms with van der Waals surface area (Å²) in [6, 6.07) is 0. The SMILES string of the molecule is CCOC[C@@H]1CN(S(C)(=O)=O)Cc2cnn(CC3CCOCC3)c21. The molecule has 0 N–H and O–H groups in total. The molecule has 1 atom stereocenters. The van der Waals surface area contributed by atoms with Crippen LogP contribution in [0, 0.1) is 5.92 Å². The van der Waals surface area contributed by atoms with E-state index in [9.17, 15) is 8.42 Å². The molecule has 0 aromatic carbocycles. The van der Waals surface area contributed by atoms with Crippen LogP contribution in [0.5, 0.6) is 0 Å². The van der Waals surface area contributed by atoms with Gasteiger partial charge in [0, 0.05) is 56.6 Å². The highest BCUT2D eigenvalue weighted by atomic mass is 32.2. The maximum atomic E-state index is 12.0. The van der Waals surface area contributed by atoms with Gasteiger partial charge in [0.25, 0.3) is 0 Å². The van der Waals surface area contributed by atoms with Gasteiger partial charge in [-0.3, -0.25) is 4.68 Å². The number of sulfonamides is 1. The van der Waals surface area contributed by atoms with E-state index in [1.165, 1.54) is 10.6 Å². The van der Waals surface area contributed by atoms with Crippen molar-refractivity contribution in [2.75, 3.05) is 39.2 Å². The van der Waals surface area contributed by atoms with Crippen molar-refractivity contribution in [2.45, 2.75) is 38.8 Å². The number of nitrogens with zero attached hydrogens (tertiary/aromatic N) is 3. The van der Waals surface area contributed by atoms with Gasteiger partial charge < -0.3 is 9.47 Å². The zero-order valence-corrected chi connectivity index (χ0v) is 15.3. The van der Waals surface area contributed by atoms with E-state index >= 15 is 0 Å². The molecule has 1 fully saturated rings. The van der Waals surface area contributed by atoms with Gasteiger partial charge in [0.1, 0.15) is 0 Å². The predicted molar refractivity (Wildman–Crippen MR) is 90.3 cm³/mol. The van der Waals surface area contributed by atoms with Crippen molar-refractivity contribution in [1.82, 2.24) is 14.1 Å². The second-order valence-corrected chi connectivity index (χ2v) is 8.69. The number of rotatable bonds is 6. The first-order valence-electron chi connectivity index (χ1n) is 8.64. The number of hydrogen-bond acceptors (Lipinski definition) is 5. The Balaban J connectivity index is 1.83. The molecule has 0 amide bonds. The molecule has 7 nitrogen and oxygen atoms in total. The molecule has 3 heterocycles. The molecule has 0 unspecified atom stereocenters. The summed E-state index contributed by atoms with van der Waals surface area (Å²) >= 11 is 0. The molecule has 0 aliphatic carbocycles. The smallest absolute Gasteiger partial charge is 0.211 e. The second kappa shape index (κ2) is 7.51. The van der Waals surface area contributed by atoms with E-state index in [2.05, 4.69) is 9.78 Å². The normalized spacial score (nSPS) is 23.3. The molecular formula is C16H27N3O4S. The summed E-state index contributed by atoms with van der Waals surface area (Å²) in [6.45, 7) is 6.48. The maximum absolute atomic E-state index is 12.0. The van der Waals surface area contributed by atoms with Crippen LogP contribution in [-0.2, 0) is 32.6 Å². The third kappa shape index (κ3) is 3.99. The second-order valence-electron chi connectivity index (χ2n) is 6.70. The van der Waals surface area contributed by atoms with Gasteiger partial charge in [0.05, 0.1) is 19.1 Å². The highest BCUT2D eigenvalue weighted by molar-refractivity contribution is 7.88. The summed E-state index contributed by atoms with van der Waals surface area (Å²) in [7, 11) is -3.22. The molecule has 0 saturated carbocycles. The van der Waals surface area contributed by atoms with E-state index in [-0.39, 0.29) is 5.92 Å². The van der Waals surface area contributed by atoms with Gasteiger partial charge in [0.2, 0.25) is 10.0 Å². The van der Waals surface area contributed by atoms with Crippen LogP contribution < -0.4 is 0 Å². The molecule has 0 spiro atoms. The van der Waals surface area contributed by atoms with Crippen molar-refractivity contribution in [2.24, 2.45) is 5.92 Å². The molecule has 2 aliphatic rings. The van der Waals surface area contributed by atoms with Crippen molar-refractivity contribution in [1.29, 1.82) is 0 Å². The fraction of sp³-hybridized carbons (Fsp3) is 0.812. The average Bonchev–Trinajstić information content (AvgIpc) is 2.96. The average molecular weight is 357 g/mol. The third-order valence-corrected chi connectivity index (χ3v) is 6.10. The van der Waals surface area contributed by atoms with Gasteiger partial charge in [-0.1, -0.05) is 0 Å². The predicted octanol–water partition coefficient (Wildman–Crippen LogP) is 1.20. The van der Waals surface area contributed by atoms with Crippen LogP contribution in [0.15, 0.2) is 6.20 Å². The van der Waals surface area contributed by atoms with Crippen LogP contribution in [0.3, 0.4) is 0 Å². The van der Waals surface area contributed by atoms with Gasteiger partial charge in [-0.15, -0.1) is 0 Å². The Hall–Kier alpha value is -0.960. The van der Waals surface area contributed by atoms with E-state index in [1.807, 2.05) is 13.1 Å². The summed E-state index contributed by atoms with van der Waals surface area (Å²) in [6.07, 6.45) is 5.20.